The number of benzene rings is 1. The van der Waals surface area contributed by atoms with Crippen LogP contribution in [0.15, 0.2) is 55.0 Å². The number of carbonyl (C=O) groups excluding carboxylic acids is 1. The van der Waals surface area contributed by atoms with E-state index in [1.165, 1.54) is 0 Å². The smallest absolute Gasteiger partial charge is 0.324 e. The summed E-state index contributed by atoms with van der Waals surface area (Å²) in [5.74, 6) is 0.707. The summed E-state index contributed by atoms with van der Waals surface area (Å²) in [6, 6.07) is 12.8. The number of amides is 2. The highest BCUT2D eigenvalue weighted by Crippen LogP contribution is 2.35. The Morgan fingerprint density at radius 1 is 1.15 bits per heavy atom. The van der Waals surface area contributed by atoms with Crippen molar-refractivity contribution in [2.75, 3.05) is 10.6 Å². The van der Waals surface area contributed by atoms with E-state index in [1.807, 2.05) is 36.7 Å². The summed E-state index contributed by atoms with van der Waals surface area (Å²) in [5.41, 5.74) is 3.70. The van der Waals surface area contributed by atoms with Crippen LogP contribution in [0.25, 0.3) is 0 Å². The molecule has 2 aromatic heterocycles. The maximum Gasteiger partial charge on any atom is 0.324 e. The van der Waals surface area contributed by atoms with E-state index in [9.17, 15) is 9.90 Å². The normalized spacial score (nSPS) is 15.8. The Labute approximate surface area is 157 Å². The average Bonchev–Trinajstić information content (AvgIpc) is 3.13. The number of anilines is 2. The number of aliphatic hydroxyl groups excluding tert-OH is 1. The molecule has 0 aliphatic carbocycles. The Bertz CT molecular complexity index is 908. The minimum absolute atomic E-state index is 0.0494. The maximum atomic E-state index is 12.1. The number of imidazole rings is 1. The number of hydrogen-bond donors (Lipinski definition) is 3. The van der Waals surface area contributed by atoms with Gasteiger partial charge in [-0.25, -0.2) is 14.8 Å². The molecule has 0 radical (unpaired) electrons. The first-order valence-corrected chi connectivity index (χ1v) is 8.98. The summed E-state index contributed by atoms with van der Waals surface area (Å²) in [6.07, 6.45) is 5.53. The Morgan fingerprint density at radius 2 is 2.00 bits per heavy atom. The zero-order valence-electron chi connectivity index (χ0n) is 14.8. The van der Waals surface area contributed by atoms with Crippen molar-refractivity contribution in [3.63, 3.8) is 0 Å². The fourth-order valence-corrected chi connectivity index (χ4v) is 3.58. The lowest BCUT2D eigenvalue weighted by Gasteiger charge is -2.25. The third kappa shape index (κ3) is 3.68. The molecule has 0 unspecified atom stereocenters. The highest BCUT2D eigenvalue weighted by molar-refractivity contribution is 5.99. The standard InChI is InChI=1S/C20H21N5O2/c26-12-17-19-16(4-3-11-25(19)13-22-17)14-6-8-15(9-7-14)23-20(27)24-18-5-1-2-10-21-18/h1-2,5-10,13,16,26H,3-4,11-12H2,(H2,21,23,24,27)/t16-/m0/s1. The summed E-state index contributed by atoms with van der Waals surface area (Å²) in [5, 5.41) is 15.1. The number of pyridine rings is 1. The van der Waals surface area contributed by atoms with Crippen LogP contribution >= 0.6 is 0 Å². The fraction of sp³-hybridized carbons (Fsp3) is 0.250. The van der Waals surface area contributed by atoms with Crippen LogP contribution in [0.2, 0.25) is 0 Å². The van der Waals surface area contributed by atoms with Crippen molar-refractivity contribution >= 4 is 17.5 Å². The van der Waals surface area contributed by atoms with Gasteiger partial charge in [0.05, 0.1) is 24.3 Å². The predicted molar refractivity (Wildman–Crippen MR) is 103 cm³/mol. The van der Waals surface area contributed by atoms with E-state index in [0.717, 1.165) is 36.3 Å². The van der Waals surface area contributed by atoms with Gasteiger partial charge >= 0.3 is 6.03 Å². The molecule has 1 aliphatic rings. The lowest BCUT2D eigenvalue weighted by atomic mass is 9.87. The molecular formula is C20H21N5O2. The Balaban J connectivity index is 1.47. The minimum atomic E-state index is -0.334. The zero-order valence-corrected chi connectivity index (χ0v) is 14.8. The van der Waals surface area contributed by atoms with Crippen LogP contribution in [-0.4, -0.2) is 25.7 Å². The summed E-state index contributed by atoms with van der Waals surface area (Å²) in [4.78, 5) is 20.5. The van der Waals surface area contributed by atoms with E-state index in [1.54, 1.807) is 18.3 Å². The van der Waals surface area contributed by atoms with E-state index in [0.29, 0.717) is 11.5 Å². The van der Waals surface area contributed by atoms with Gasteiger partial charge in [-0.3, -0.25) is 5.32 Å². The molecule has 1 atom stereocenters. The van der Waals surface area contributed by atoms with Gasteiger partial charge in [0.15, 0.2) is 0 Å². The molecule has 0 saturated carbocycles. The first-order valence-electron chi connectivity index (χ1n) is 8.98. The molecule has 3 aromatic rings. The van der Waals surface area contributed by atoms with Crippen LogP contribution in [0.3, 0.4) is 0 Å². The SMILES string of the molecule is O=C(Nc1ccc([C@@H]2CCCn3cnc(CO)c32)cc1)Nc1ccccn1. The molecule has 4 rings (SSSR count). The average molecular weight is 363 g/mol. The number of aliphatic hydroxyl groups is 1. The van der Waals surface area contributed by atoms with Gasteiger partial charge in [-0.1, -0.05) is 18.2 Å². The van der Waals surface area contributed by atoms with Crippen LogP contribution in [0.4, 0.5) is 16.3 Å². The Hall–Kier alpha value is -3.19. The van der Waals surface area contributed by atoms with E-state index < -0.39 is 0 Å². The highest BCUT2D eigenvalue weighted by Gasteiger charge is 2.25. The van der Waals surface area contributed by atoms with Crippen molar-refractivity contribution in [2.24, 2.45) is 0 Å². The van der Waals surface area contributed by atoms with E-state index in [2.05, 4.69) is 25.2 Å². The minimum Gasteiger partial charge on any atom is -0.390 e. The van der Waals surface area contributed by atoms with Crippen molar-refractivity contribution < 1.29 is 9.90 Å². The second-order valence-electron chi connectivity index (χ2n) is 6.54. The van der Waals surface area contributed by atoms with Gasteiger partial charge in [0, 0.05) is 24.3 Å². The zero-order chi connectivity index (χ0) is 18.6. The third-order valence-electron chi connectivity index (χ3n) is 4.81. The molecule has 0 bridgehead atoms. The van der Waals surface area contributed by atoms with Crippen molar-refractivity contribution in [2.45, 2.75) is 31.9 Å². The summed E-state index contributed by atoms with van der Waals surface area (Å²) in [6.45, 7) is 0.887. The summed E-state index contributed by atoms with van der Waals surface area (Å²) >= 11 is 0. The second-order valence-corrected chi connectivity index (χ2v) is 6.54. The van der Waals surface area contributed by atoms with Crippen molar-refractivity contribution in [3.05, 3.63) is 71.9 Å². The van der Waals surface area contributed by atoms with E-state index in [-0.39, 0.29) is 18.6 Å². The molecule has 0 saturated heterocycles. The lowest BCUT2D eigenvalue weighted by molar-refractivity contribution is 0.262. The van der Waals surface area contributed by atoms with E-state index in [4.69, 9.17) is 0 Å². The topological polar surface area (TPSA) is 92.1 Å². The summed E-state index contributed by atoms with van der Waals surface area (Å²) < 4.78 is 2.13. The number of urea groups is 1. The molecule has 3 heterocycles. The lowest BCUT2D eigenvalue weighted by Crippen LogP contribution is -2.20. The molecule has 0 fully saturated rings. The highest BCUT2D eigenvalue weighted by atomic mass is 16.3. The molecule has 27 heavy (non-hydrogen) atoms. The molecule has 2 amide bonds. The number of nitrogens with zero attached hydrogens (tertiary/aromatic N) is 3. The quantitative estimate of drug-likeness (QED) is 0.663. The second kappa shape index (κ2) is 7.59. The van der Waals surface area contributed by atoms with Gasteiger partial charge in [-0.05, 0) is 42.7 Å². The molecule has 7 nitrogen and oxygen atoms in total. The largest absolute Gasteiger partial charge is 0.390 e. The van der Waals surface area contributed by atoms with Crippen LogP contribution < -0.4 is 10.6 Å². The number of carbonyl (C=O) groups is 1. The summed E-state index contributed by atoms with van der Waals surface area (Å²) in [7, 11) is 0. The van der Waals surface area contributed by atoms with Crippen LogP contribution in [-0.2, 0) is 13.2 Å². The molecule has 1 aliphatic heterocycles. The molecule has 138 valence electrons. The molecular weight excluding hydrogens is 342 g/mol. The monoisotopic (exact) mass is 363 g/mol. The Morgan fingerprint density at radius 3 is 2.74 bits per heavy atom. The fourth-order valence-electron chi connectivity index (χ4n) is 3.58. The first kappa shape index (κ1) is 17.2. The number of aryl methyl sites for hydroxylation is 1. The van der Waals surface area contributed by atoms with Gasteiger partial charge in [-0.15, -0.1) is 0 Å². The Kier molecular flexibility index (Phi) is 4.84. The predicted octanol–water partition coefficient (Wildman–Crippen LogP) is 3.34. The van der Waals surface area contributed by atoms with Crippen molar-refractivity contribution in [3.8, 4) is 0 Å². The van der Waals surface area contributed by atoms with Gasteiger partial charge in [-0.2, -0.15) is 0 Å². The van der Waals surface area contributed by atoms with Gasteiger partial charge < -0.3 is 15.0 Å². The first-order chi connectivity index (χ1) is 13.2. The van der Waals surface area contributed by atoms with Gasteiger partial charge in [0.25, 0.3) is 0 Å². The number of rotatable bonds is 4. The maximum absolute atomic E-state index is 12.1. The molecule has 1 aromatic carbocycles. The van der Waals surface area contributed by atoms with Gasteiger partial charge in [0.1, 0.15) is 5.82 Å². The van der Waals surface area contributed by atoms with Crippen molar-refractivity contribution in [1.29, 1.82) is 0 Å². The molecule has 3 N–H and O–H groups in total. The number of fused-ring (bicyclic) bond motifs is 1. The van der Waals surface area contributed by atoms with Crippen molar-refractivity contribution in [1.82, 2.24) is 14.5 Å². The number of nitrogens with one attached hydrogen (secondary N) is 2. The molecule has 7 heteroatoms. The number of hydrogen-bond acceptors (Lipinski definition) is 4. The van der Waals surface area contributed by atoms with Crippen LogP contribution in [0, 0.1) is 0 Å². The number of aromatic nitrogens is 3. The third-order valence-corrected chi connectivity index (χ3v) is 4.81. The van der Waals surface area contributed by atoms with Gasteiger partial charge in [0.2, 0.25) is 0 Å². The van der Waals surface area contributed by atoms with Crippen LogP contribution in [0.1, 0.15) is 35.7 Å². The van der Waals surface area contributed by atoms with E-state index >= 15 is 0 Å². The van der Waals surface area contributed by atoms with Crippen LogP contribution in [0.5, 0.6) is 0 Å². The molecule has 0 spiro atoms.